The number of hydroxylamine groups is 1. The normalized spacial score (nSPS) is 15.4. The van der Waals surface area contributed by atoms with Crippen LogP contribution in [0, 0.1) is 11.8 Å². The molecule has 2 N–H and O–H groups in total. The standard InChI is InChI=1S/C31H40N2O5/c1-23(2)22-33(28(20-25-14-7-4-8-15-25)31(36)38-27-18-9-10-19-27)29(34)21-26(30(35)32-37)17-11-16-24-12-5-3-6-13-24/h3-8,11-16,23,26-28,37H,9-10,17-22H2,1-2H3,(H,32,35)/t26-,28-/m0/s1. The third-order valence-corrected chi connectivity index (χ3v) is 6.82. The minimum absolute atomic E-state index is 0.0969. The first-order valence-corrected chi connectivity index (χ1v) is 13.6. The van der Waals surface area contributed by atoms with Gasteiger partial charge >= 0.3 is 5.97 Å². The molecular weight excluding hydrogens is 480 g/mol. The van der Waals surface area contributed by atoms with Crippen molar-refractivity contribution in [3.05, 3.63) is 77.9 Å². The molecular formula is C31H40N2O5. The highest BCUT2D eigenvalue weighted by atomic mass is 16.5. The van der Waals surface area contributed by atoms with E-state index in [0.717, 1.165) is 36.8 Å². The second kappa shape index (κ2) is 15.1. The average Bonchev–Trinajstić information content (AvgIpc) is 3.43. The minimum Gasteiger partial charge on any atom is -0.461 e. The van der Waals surface area contributed by atoms with Crippen molar-refractivity contribution >= 4 is 23.9 Å². The summed E-state index contributed by atoms with van der Waals surface area (Å²) in [5, 5.41) is 9.35. The SMILES string of the molecule is CC(C)CN(C(=O)C[C@H](CC=Cc1ccccc1)C(=O)NO)[C@@H](Cc1ccccc1)C(=O)OC1CCCC1. The van der Waals surface area contributed by atoms with Crippen LogP contribution in [-0.4, -0.2) is 46.6 Å². The van der Waals surface area contributed by atoms with Crippen LogP contribution in [0.25, 0.3) is 6.08 Å². The van der Waals surface area contributed by atoms with Crippen LogP contribution in [-0.2, 0) is 25.5 Å². The lowest BCUT2D eigenvalue weighted by Gasteiger charge is -2.33. The van der Waals surface area contributed by atoms with Crippen molar-refractivity contribution in [1.29, 1.82) is 0 Å². The molecule has 2 aromatic carbocycles. The third-order valence-electron chi connectivity index (χ3n) is 6.82. The van der Waals surface area contributed by atoms with Crippen molar-refractivity contribution in [3.8, 4) is 0 Å². The Balaban J connectivity index is 1.82. The number of rotatable bonds is 13. The van der Waals surface area contributed by atoms with Crippen LogP contribution in [0.5, 0.6) is 0 Å². The first-order chi connectivity index (χ1) is 18.4. The number of benzene rings is 2. The van der Waals surface area contributed by atoms with Crippen LogP contribution in [0.2, 0.25) is 0 Å². The Morgan fingerprint density at radius 2 is 1.66 bits per heavy atom. The summed E-state index contributed by atoms with van der Waals surface area (Å²) in [6.45, 7) is 4.33. The fourth-order valence-electron chi connectivity index (χ4n) is 4.84. The highest BCUT2D eigenvalue weighted by Crippen LogP contribution is 2.24. The van der Waals surface area contributed by atoms with Crippen molar-refractivity contribution in [2.75, 3.05) is 6.54 Å². The molecule has 7 heteroatoms. The van der Waals surface area contributed by atoms with Crippen LogP contribution in [0.1, 0.15) is 63.5 Å². The smallest absolute Gasteiger partial charge is 0.329 e. The van der Waals surface area contributed by atoms with Gasteiger partial charge in [-0.05, 0) is 49.1 Å². The van der Waals surface area contributed by atoms with Gasteiger partial charge in [0.15, 0.2) is 0 Å². The molecule has 1 aliphatic carbocycles. The molecule has 204 valence electrons. The fourth-order valence-corrected chi connectivity index (χ4v) is 4.84. The number of hydrogen-bond acceptors (Lipinski definition) is 5. The van der Waals surface area contributed by atoms with Crippen molar-refractivity contribution in [3.63, 3.8) is 0 Å². The van der Waals surface area contributed by atoms with Gasteiger partial charge in [0.25, 0.3) is 0 Å². The topological polar surface area (TPSA) is 95.9 Å². The molecule has 0 bridgehead atoms. The van der Waals surface area contributed by atoms with Crippen LogP contribution < -0.4 is 5.48 Å². The monoisotopic (exact) mass is 520 g/mol. The van der Waals surface area contributed by atoms with Gasteiger partial charge in [-0.1, -0.05) is 86.7 Å². The molecule has 2 amide bonds. The van der Waals surface area contributed by atoms with E-state index in [1.165, 1.54) is 0 Å². The fraction of sp³-hybridized carbons (Fsp3) is 0.452. The van der Waals surface area contributed by atoms with Gasteiger partial charge < -0.3 is 9.64 Å². The van der Waals surface area contributed by atoms with Gasteiger partial charge in [0.1, 0.15) is 12.1 Å². The summed E-state index contributed by atoms with van der Waals surface area (Å²) in [4.78, 5) is 41.3. The molecule has 38 heavy (non-hydrogen) atoms. The van der Waals surface area contributed by atoms with Crippen LogP contribution >= 0.6 is 0 Å². The molecule has 1 saturated carbocycles. The summed E-state index contributed by atoms with van der Waals surface area (Å²) in [6, 6.07) is 18.4. The van der Waals surface area contributed by atoms with Gasteiger partial charge in [-0.3, -0.25) is 14.8 Å². The van der Waals surface area contributed by atoms with Gasteiger partial charge in [0.05, 0.1) is 5.92 Å². The maximum Gasteiger partial charge on any atom is 0.329 e. The highest BCUT2D eigenvalue weighted by Gasteiger charge is 2.35. The molecule has 1 aliphatic rings. The molecule has 0 aromatic heterocycles. The molecule has 2 aromatic rings. The zero-order chi connectivity index (χ0) is 27.3. The number of esters is 1. The Morgan fingerprint density at radius 3 is 2.26 bits per heavy atom. The van der Waals surface area contributed by atoms with Crippen molar-refractivity contribution < 1.29 is 24.3 Å². The number of carbonyl (C=O) groups excluding carboxylic acids is 3. The summed E-state index contributed by atoms with van der Waals surface area (Å²) in [5.41, 5.74) is 3.61. The number of nitrogens with zero attached hydrogens (tertiary/aromatic N) is 1. The molecule has 0 heterocycles. The van der Waals surface area contributed by atoms with E-state index in [9.17, 15) is 19.6 Å². The van der Waals surface area contributed by atoms with Gasteiger partial charge in [0.2, 0.25) is 11.8 Å². The number of hydrogen-bond donors (Lipinski definition) is 2. The molecule has 0 aliphatic heterocycles. The third kappa shape index (κ3) is 9.14. The predicted molar refractivity (Wildman–Crippen MR) is 147 cm³/mol. The first kappa shape index (κ1) is 29.1. The summed E-state index contributed by atoms with van der Waals surface area (Å²) < 4.78 is 5.88. The number of amides is 2. The summed E-state index contributed by atoms with van der Waals surface area (Å²) >= 11 is 0. The van der Waals surface area contributed by atoms with E-state index < -0.39 is 23.8 Å². The quantitative estimate of drug-likeness (QED) is 0.215. The first-order valence-electron chi connectivity index (χ1n) is 13.6. The molecule has 3 rings (SSSR count). The van der Waals surface area contributed by atoms with Crippen molar-refractivity contribution in [1.82, 2.24) is 10.4 Å². The van der Waals surface area contributed by atoms with Gasteiger partial charge in [0, 0.05) is 19.4 Å². The Bertz CT molecular complexity index is 1050. The number of nitrogens with one attached hydrogen (secondary N) is 1. The zero-order valence-corrected chi connectivity index (χ0v) is 22.4. The van der Waals surface area contributed by atoms with Gasteiger partial charge in [-0.2, -0.15) is 0 Å². The Labute approximate surface area is 225 Å². The largest absolute Gasteiger partial charge is 0.461 e. The molecule has 0 spiro atoms. The Morgan fingerprint density at radius 1 is 1.03 bits per heavy atom. The number of allylic oxidation sites excluding steroid dienone is 1. The second-order valence-corrected chi connectivity index (χ2v) is 10.4. The summed E-state index contributed by atoms with van der Waals surface area (Å²) in [6.07, 6.45) is 7.79. The van der Waals surface area contributed by atoms with Crippen LogP contribution in [0.15, 0.2) is 66.7 Å². The van der Waals surface area contributed by atoms with E-state index in [0.29, 0.717) is 13.0 Å². The van der Waals surface area contributed by atoms with Gasteiger partial charge in [-0.15, -0.1) is 0 Å². The van der Waals surface area contributed by atoms with Crippen molar-refractivity contribution in [2.45, 2.75) is 70.9 Å². The van der Waals surface area contributed by atoms with Crippen LogP contribution in [0.4, 0.5) is 0 Å². The zero-order valence-electron chi connectivity index (χ0n) is 22.4. The lowest BCUT2D eigenvalue weighted by atomic mass is 9.96. The Hall–Kier alpha value is -3.45. The van der Waals surface area contributed by atoms with Crippen molar-refractivity contribution in [2.24, 2.45) is 11.8 Å². The molecule has 0 radical (unpaired) electrons. The Kier molecular flexibility index (Phi) is 11.6. The summed E-state index contributed by atoms with van der Waals surface area (Å²) in [7, 11) is 0. The summed E-state index contributed by atoms with van der Waals surface area (Å²) in [5.74, 6) is -2.04. The average molecular weight is 521 g/mol. The molecule has 1 fully saturated rings. The van der Waals surface area contributed by atoms with E-state index in [-0.39, 0.29) is 30.8 Å². The highest BCUT2D eigenvalue weighted by molar-refractivity contribution is 5.88. The molecule has 0 unspecified atom stereocenters. The van der Waals surface area contributed by atoms with E-state index in [1.807, 2.05) is 86.7 Å². The van der Waals surface area contributed by atoms with E-state index in [1.54, 1.807) is 10.4 Å². The lowest BCUT2D eigenvalue weighted by Crippen LogP contribution is -2.50. The molecule has 2 atom stereocenters. The minimum atomic E-state index is -0.800. The lowest BCUT2D eigenvalue weighted by molar-refractivity contribution is -0.160. The van der Waals surface area contributed by atoms with E-state index >= 15 is 0 Å². The molecule has 0 saturated heterocycles. The predicted octanol–water partition coefficient (Wildman–Crippen LogP) is 5.18. The number of ether oxygens (including phenoxy) is 1. The maximum atomic E-state index is 13.7. The number of carbonyl (C=O) groups is 3. The second-order valence-electron chi connectivity index (χ2n) is 10.4. The van der Waals surface area contributed by atoms with Gasteiger partial charge in [-0.25, -0.2) is 10.3 Å². The van der Waals surface area contributed by atoms with E-state index in [4.69, 9.17) is 4.74 Å². The maximum absolute atomic E-state index is 13.7. The van der Waals surface area contributed by atoms with Crippen LogP contribution in [0.3, 0.4) is 0 Å². The molecule has 7 nitrogen and oxygen atoms in total. The van der Waals surface area contributed by atoms with E-state index in [2.05, 4.69) is 0 Å².